The van der Waals surface area contributed by atoms with E-state index in [-0.39, 0.29) is 11.8 Å². The summed E-state index contributed by atoms with van der Waals surface area (Å²) in [5.74, 6) is -0.0298. The fourth-order valence-corrected chi connectivity index (χ4v) is 5.23. The second-order valence-corrected chi connectivity index (χ2v) is 8.30. The van der Waals surface area contributed by atoms with E-state index in [0.717, 1.165) is 19.8 Å². The predicted molar refractivity (Wildman–Crippen MR) is 106 cm³/mol. The molecule has 134 valence electrons. The standard InChI is InChI=1S/C19H19N3O2S2/c20-17(13-4-2-1-3-5-13)19(24)22-9-7-21(8-10-22)18(23)16-12-15-14(26-16)6-11-25-15/h1-6,11-12,17H,7-10,20H2. The Morgan fingerprint density at radius 3 is 2.35 bits per heavy atom. The quantitative estimate of drug-likeness (QED) is 0.754. The molecule has 26 heavy (non-hydrogen) atoms. The minimum absolute atomic E-state index is 0.0536. The van der Waals surface area contributed by atoms with Crippen molar-refractivity contribution in [1.82, 2.24) is 9.80 Å². The molecule has 1 fully saturated rings. The maximum absolute atomic E-state index is 12.7. The Labute approximate surface area is 159 Å². The van der Waals surface area contributed by atoms with Gasteiger partial charge in [0, 0.05) is 35.6 Å². The lowest BCUT2D eigenvalue weighted by Gasteiger charge is -2.35. The van der Waals surface area contributed by atoms with Crippen molar-refractivity contribution in [2.45, 2.75) is 6.04 Å². The first kappa shape index (κ1) is 17.2. The van der Waals surface area contributed by atoms with Crippen LogP contribution in [0.4, 0.5) is 0 Å². The zero-order valence-corrected chi connectivity index (χ0v) is 15.8. The normalized spacial score (nSPS) is 16.0. The number of hydrogen-bond acceptors (Lipinski definition) is 5. The molecular weight excluding hydrogens is 366 g/mol. The van der Waals surface area contributed by atoms with Crippen molar-refractivity contribution in [1.29, 1.82) is 0 Å². The van der Waals surface area contributed by atoms with Crippen LogP contribution in [0, 0.1) is 0 Å². The summed E-state index contributed by atoms with van der Waals surface area (Å²) in [6.45, 7) is 2.12. The maximum Gasteiger partial charge on any atom is 0.264 e. The highest BCUT2D eigenvalue weighted by Crippen LogP contribution is 2.30. The lowest BCUT2D eigenvalue weighted by Crippen LogP contribution is -2.52. The van der Waals surface area contributed by atoms with Crippen LogP contribution in [0.15, 0.2) is 47.8 Å². The van der Waals surface area contributed by atoms with E-state index in [9.17, 15) is 9.59 Å². The SMILES string of the molecule is NC(C(=O)N1CCN(C(=O)c2cc3sccc3s2)CC1)c1ccccc1. The number of nitrogens with two attached hydrogens (primary N) is 1. The Balaban J connectivity index is 1.38. The van der Waals surface area contributed by atoms with Crippen molar-refractivity contribution < 1.29 is 9.59 Å². The number of benzene rings is 1. The number of thiophene rings is 2. The molecule has 1 saturated heterocycles. The van der Waals surface area contributed by atoms with Gasteiger partial charge in [0.2, 0.25) is 5.91 Å². The van der Waals surface area contributed by atoms with Gasteiger partial charge < -0.3 is 15.5 Å². The summed E-state index contributed by atoms with van der Waals surface area (Å²) in [4.78, 5) is 29.7. The fraction of sp³-hybridized carbons (Fsp3) is 0.263. The molecule has 0 spiro atoms. The summed E-state index contributed by atoms with van der Waals surface area (Å²) in [7, 11) is 0. The molecule has 0 bridgehead atoms. The second kappa shape index (κ2) is 7.19. The van der Waals surface area contributed by atoms with Crippen molar-refractivity contribution in [3.63, 3.8) is 0 Å². The van der Waals surface area contributed by atoms with E-state index < -0.39 is 6.04 Å². The van der Waals surface area contributed by atoms with Crippen LogP contribution in [0.1, 0.15) is 21.3 Å². The molecule has 4 rings (SSSR count). The summed E-state index contributed by atoms with van der Waals surface area (Å²) in [5.41, 5.74) is 6.93. The van der Waals surface area contributed by atoms with Gasteiger partial charge in [0.25, 0.3) is 5.91 Å². The molecule has 0 aliphatic carbocycles. The number of rotatable bonds is 3. The second-order valence-electron chi connectivity index (χ2n) is 6.27. The van der Waals surface area contributed by atoms with Crippen LogP contribution in [0.25, 0.3) is 9.40 Å². The summed E-state index contributed by atoms with van der Waals surface area (Å²) in [5, 5.41) is 2.04. The van der Waals surface area contributed by atoms with Crippen LogP contribution in [-0.2, 0) is 4.79 Å². The van der Waals surface area contributed by atoms with Crippen molar-refractivity contribution in [2.75, 3.05) is 26.2 Å². The van der Waals surface area contributed by atoms with Crippen molar-refractivity contribution >= 4 is 43.9 Å². The van der Waals surface area contributed by atoms with E-state index in [1.807, 2.05) is 52.7 Å². The van der Waals surface area contributed by atoms with Crippen LogP contribution in [-0.4, -0.2) is 47.8 Å². The molecule has 2 aromatic heterocycles. The molecule has 1 atom stereocenters. The van der Waals surface area contributed by atoms with Gasteiger partial charge in [-0.2, -0.15) is 0 Å². The van der Waals surface area contributed by atoms with Gasteiger partial charge in [0.05, 0.1) is 4.88 Å². The van der Waals surface area contributed by atoms with Gasteiger partial charge in [-0.25, -0.2) is 0 Å². The molecule has 1 unspecified atom stereocenters. The Morgan fingerprint density at radius 2 is 1.65 bits per heavy atom. The largest absolute Gasteiger partial charge is 0.337 e. The molecule has 0 radical (unpaired) electrons. The van der Waals surface area contributed by atoms with Gasteiger partial charge in [-0.3, -0.25) is 9.59 Å². The van der Waals surface area contributed by atoms with E-state index in [1.54, 1.807) is 16.2 Å². The third-order valence-corrected chi connectivity index (χ3v) is 6.73. The summed E-state index contributed by atoms with van der Waals surface area (Å²) in [6.07, 6.45) is 0. The molecule has 2 N–H and O–H groups in total. The topological polar surface area (TPSA) is 66.6 Å². The van der Waals surface area contributed by atoms with Gasteiger partial charge in [0.15, 0.2) is 0 Å². The first-order chi connectivity index (χ1) is 12.6. The minimum atomic E-state index is -0.650. The highest BCUT2D eigenvalue weighted by atomic mass is 32.1. The van der Waals surface area contributed by atoms with Crippen LogP contribution in [0.2, 0.25) is 0 Å². The van der Waals surface area contributed by atoms with E-state index in [1.165, 1.54) is 11.3 Å². The van der Waals surface area contributed by atoms with Crippen LogP contribution in [0.5, 0.6) is 0 Å². The number of piperazine rings is 1. The first-order valence-electron chi connectivity index (χ1n) is 8.49. The lowest BCUT2D eigenvalue weighted by molar-refractivity contribution is -0.134. The smallest absolute Gasteiger partial charge is 0.264 e. The number of fused-ring (bicyclic) bond motifs is 1. The summed E-state index contributed by atoms with van der Waals surface area (Å²) < 4.78 is 2.31. The van der Waals surface area contributed by atoms with Gasteiger partial charge in [-0.15, -0.1) is 22.7 Å². The van der Waals surface area contributed by atoms with Crippen LogP contribution < -0.4 is 5.73 Å². The fourth-order valence-electron chi connectivity index (χ4n) is 3.16. The zero-order valence-electron chi connectivity index (χ0n) is 14.1. The van der Waals surface area contributed by atoms with Crippen molar-refractivity contribution in [3.05, 3.63) is 58.3 Å². The van der Waals surface area contributed by atoms with Gasteiger partial charge in [-0.05, 0) is 23.1 Å². The minimum Gasteiger partial charge on any atom is -0.337 e. The Morgan fingerprint density at radius 1 is 0.962 bits per heavy atom. The Kier molecular flexibility index (Phi) is 4.76. The van der Waals surface area contributed by atoms with Gasteiger partial charge >= 0.3 is 0 Å². The molecular formula is C19H19N3O2S2. The third-order valence-electron chi connectivity index (χ3n) is 4.65. The van der Waals surface area contributed by atoms with E-state index in [0.29, 0.717) is 26.2 Å². The van der Waals surface area contributed by atoms with Gasteiger partial charge in [0.1, 0.15) is 6.04 Å². The molecule has 1 aromatic carbocycles. The Bertz CT molecular complexity index is 898. The number of hydrogen-bond donors (Lipinski definition) is 1. The molecule has 0 saturated carbocycles. The van der Waals surface area contributed by atoms with Crippen LogP contribution in [0.3, 0.4) is 0 Å². The zero-order chi connectivity index (χ0) is 18.1. The molecule has 1 aliphatic rings. The van der Waals surface area contributed by atoms with E-state index >= 15 is 0 Å². The summed E-state index contributed by atoms with van der Waals surface area (Å²) in [6, 6.07) is 12.8. The number of carbonyl (C=O) groups excluding carboxylic acids is 2. The predicted octanol–water partition coefficient (Wildman–Crippen LogP) is 2.95. The van der Waals surface area contributed by atoms with E-state index in [2.05, 4.69) is 0 Å². The monoisotopic (exact) mass is 385 g/mol. The highest BCUT2D eigenvalue weighted by molar-refractivity contribution is 7.27. The summed E-state index contributed by atoms with van der Waals surface area (Å²) >= 11 is 3.18. The molecule has 3 heterocycles. The molecule has 2 amide bonds. The number of carbonyl (C=O) groups is 2. The van der Waals surface area contributed by atoms with Crippen molar-refractivity contribution in [3.8, 4) is 0 Å². The van der Waals surface area contributed by atoms with Crippen molar-refractivity contribution in [2.24, 2.45) is 5.73 Å². The van der Waals surface area contributed by atoms with E-state index in [4.69, 9.17) is 5.73 Å². The Hall–Kier alpha value is -2.22. The first-order valence-corrected chi connectivity index (χ1v) is 10.2. The third kappa shape index (κ3) is 3.25. The maximum atomic E-state index is 12.7. The van der Waals surface area contributed by atoms with Crippen LogP contribution >= 0.6 is 22.7 Å². The van der Waals surface area contributed by atoms with Gasteiger partial charge in [-0.1, -0.05) is 30.3 Å². The molecule has 1 aliphatic heterocycles. The molecule has 3 aromatic rings. The highest BCUT2D eigenvalue weighted by Gasteiger charge is 2.28. The average molecular weight is 386 g/mol. The number of nitrogens with zero attached hydrogens (tertiary/aromatic N) is 2. The lowest BCUT2D eigenvalue weighted by atomic mass is 10.1. The molecule has 7 heteroatoms. The number of amides is 2. The average Bonchev–Trinajstić information content (AvgIpc) is 3.29. The molecule has 5 nitrogen and oxygen atoms in total.